The molecule has 0 aliphatic rings. The van der Waals surface area contributed by atoms with Gasteiger partial charge in [0, 0.05) is 25.2 Å². The van der Waals surface area contributed by atoms with Crippen LogP contribution in [-0.2, 0) is 11.3 Å². The van der Waals surface area contributed by atoms with Crippen LogP contribution < -0.4 is 10.6 Å². The predicted molar refractivity (Wildman–Crippen MR) is 82.5 cm³/mol. The number of carbonyl (C=O) groups excluding carboxylic acids is 1. The van der Waals surface area contributed by atoms with Gasteiger partial charge in [0.2, 0.25) is 5.91 Å². The highest BCUT2D eigenvalue weighted by Gasteiger charge is 2.04. The molecule has 0 bridgehead atoms. The van der Waals surface area contributed by atoms with Gasteiger partial charge in [0.25, 0.3) is 0 Å². The molecule has 2 rings (SSSR count). The summed E-state index contributed by atoms with van der Waals surface area (Å²) in [5.41, 5.74) is 2.64. The summed E-state index contributed by atoms with van der Waals surface area (Å²) in [6, 6.07) is 11.5. The molecule has 0 saturated heterocycles. The molecule has 116 valence electrons. The zero-order valence-electron chi connectivity index (χ0n) is 12.3. The zero-order chi connectivity index (χ0) is 15.9. The van der Waals surface area contributed by atoms with Crippen molar-refractivity contribution in [1.82, 2.24) is 5.32 Å². The van der Waals surface area contributed by atoms with Crippen molar-refractivity contribution in [2.45, 2.75) is 19.9 Å². The van der Waals surface area contributed by atoms with Crippen LogP contribution in [0.1, 0.15) is 17.5 Å². The molecule has 0 radical (unpaired) electrons. The Balaban J connectivity index is 1.72. The fraction of sp³-hybridized carbons (Fsp3) is 0.235. The Morgan fingerprint density at radius 1 is 1.09 bits per heavy atom. The minimum absolute atomic E-state index is 0.100. The van der Waals surface area contributed by atoms with Gasteiger partial charge in [-0.2, -0.15) is 0 Å². The second-order valence-corrected chi connectivity index (χ2v) is 5.07. The molecule has 22 heavy (non-hydrogen) atoms. The van der Waals surface area contributed by atoms with Gasteiger partial charge in [0.05, 0.1) is 0 Å². The summed E-state index contributed by atoms with van der Waals surface area (Å²) >= 11 is 0. The van der Waals surface area contributed by atoms with Crippen molar-refractivity contribution in [3.8, 4) is 0 Å². The number of rotatable bonds is 6. The van der Waals surface area contributed by atoms with Gasteiger partial charge >= 0.3 is 0 Å². The zero-order valence-corrected chi connectivity index (χ0v) is 12.3. The summed E-state index contributed by atoms with van der Waals surface area (Å²) in [5, 5.41) is 5.70. The van der Waals surface area contributed by atoms with Crippen LogP contribution in [0.15, 0.2) is 42.5 Å². The van der Waals surface area contributed by atoms with E-state index in [1.807, 2.05) is 31.2 Å². The fourth-order valence-corrected chi connectivity index (χ4v) is 2.04. The molecule has 1 amide bonds. The van der Waals surface area contributed by atoms with Gasteiger partial charge in [-0.15, -0.1) is 0 Å². The highest BCUT2D eigenvalue weighted by atomic mass is 19.2. The first-order valence-electron chi connectivity index (χ1n) is 7.06. The van der Waals surface area contributed by atoms with Crippen molar-refractivity contribution < 1.29 is 13.6 Å². The van der Waals surface area contributed by atoms with E-state index < -0.39 is 11.6 Å². The monoisotopic (exact) mass is 304 g/mol. The predicted octanol–water partition coefficient (Wildman–Crippen LogP) is 3.39. The van der Waals surface area contributed by atoms with Gasteiger partial charge in [0.15, 0.2) is 11.6 Å². The second-order valence-electron chi connectivity index (χ2n) is 5.07. The molecule has 3 nitrogen and oxygen atoms in total. The first kappa shape index (κ1) is 15.9. The average Bonchev–Trinajstić information content (AvgIpc) is 2.49. The minimum atomic E-state index is -0.908. The molecule has 2 aromatic carbocycles. The van der Waals surface area contributed by atoms with E-state index in [9.17, 15) is 13.6 Å². The number of halogens is 2. The maximum absolute atomic E-state index is 13.0. The number of aryl methyl sites for hydroxylation is 1. The quantitative estimate of drug-likeness (QED) is 0.859. The summed E-state index contributed by atoms with van der Waals surface area (Å²) < 4.78 is 25.8. The van der Waals surface area contributed by atoms with E-state index in [0.717, 1.165) is 23.3 Å². The molecule has 2 aromatic rings. The van der Waals surface area contributed by atoms with Gasteiger partial charge in [-0.25, -0.2) is 8.78 Å². The molecular weight excluding hydrogens is 286 g/mol. The number of benzene rings is 2. The molecule has 0 unspecified atom stereocenters. The Morgan fingerprint density at radius 3 is 2.64 bits per heavy atom. The lowest BCUT2D eigenvalue weighted by Crippen LogP contribution is -2.24. The number of anilines is 1. The number of hydrogen-bond acceptors (Lipinski definition) is 2. The maximum Gasteiger partial charge on any atom is 0.222 e. The van der Waals surface area contributed by atoms with Crippen LogP contribution >= 0.6 is 0 Å². The van der Waals surface area contributed by atoms with E-state index in [4.69, 9.17) is 0 Å². The third-order valence-corrected chi connectivity index (χ3v) is 3.17. The second kappa shape index (κ2) is 7.54. The summed E-state index contributed by atoms with van der Waals surface area (Å²) in [7, 11) is 0. The molecule has 0 saturated carbocycles. The number of carbonyl (C=O) groups is 1. The number of amides is 1. The molecule has 0 spiro atoms. The van der Waals surface area contributed by atoms with Gasteiger partial charge < -0.3 is 10.6 Å². The van der Waals surface area contributed by atoms with Crippen LogP contribution in [0.3, 0.4) is 0 Å². The fourth-order valence-electron chi connectivity index (χ4n) is 2.04. The SMILES string of the molecule is Cc1cccc(CNC(=O)CCNc2ccc(F)c(F)c2)c1. The largest absolute Gasteiger partial charge is 0.384 e. The smallest absolute Gasteiger partial charge is 0.222 e. The molecule has 0 fully saturated rings. The Labute approximate surface area is 128 Å². The Morgan fingerprint density at radius 2 is 1.91 bits per heavy atom. The molecule has 0 atom stereocenters. The number of hydrogen-bond donors (Lipinski definition) is 2. The minimum Gasteiger partial charge on any atom is -0.384 e. The molecule has 5 heteroatoms. The third-order valence-electron chi connectivity index (χ3n) is 3.17. The standard InChI is InChI=1S/C17H18F2N2O/c1-12-3-2-4-13(9-12)11-21-17(22)7-8-20-14-5-6-15(18)16(19)10-14/h2-6,9-10,20H,7-8,11H2,1H3,(H,21,22). The van der Waals surface area contributed by atoms with Gasteiger partial charge in [0.1, 0.15) is 0 Å². The molecule has 0 aliphatic carbocycles. The average molecular weight is 304 g/mol. The lowest BCUT2D eigenvalue weighted by molar-refractivity contribution is -0.121. The van der Waals surface area contributed by atoms with Crippen LogP contribution in [0.5, 0.6) is 0 Å². The third kappa shape index (κ3) is 4.84. The van der Waals surface area contributed by atoms with Crippen LogP contribution in [0.2, 0.25) is 0 Å². The van der Waals surface area contributed by atoms with E-state index in [0.29, 0.717) is 18.8 Å². The van der Waals surface area contributed by atoms with Gasteiger partial charge in [-0.1, -0.05) is 29.8 Å². The highest BCUT2D eigenvalue weighted by molar-refractivity contribution is 5.76. The van der Waals surface area contributed by atoms with Crippen LogP contribution in [0, 0.1) is 18.6 Å². The van der Waals surface area contributed by atoms with Crippen LogP contribution in [-0.4, -0.2) is 12.5 Å². The molecule has 0 aliphatic heterocycles. The summed E-state index contributed by atoms with van der Waals surface area (Å²) in [5.74, 6) is -1.90. The van der Waals surface area contributed by atoms with E-state index >= 15 is 0 Å². The van der Waals surface area contributed by atoms with Gasteiger partial charge in [-0.3, -0.25) is 4.79 Å². The Hall–Kier alpha value is -2.43. The lowest BCUT2D eigenvalue weighted by Gasteiger charge is -2.08. The van der Waals surface area contributed by atoms with Crippen molar-refractivity contribution in [3.63, 3.8) is 0 Å². The van der Waals surface area contributed by atoms with Crippen molar-refractivity contribution in [2.24, 2.45) is 0 Å². The molecule has 0 aromatic heterocycles. The first-order chi connectivity index (χ1) is 10.5. The van der Waals surface area contributed by atoms with E-state index in [1.54, 1.807) is 0 Å². The Bertz CT molecular complexity index is 659. The van der Waals surface area contributed by atoms with Crippen LogP contribution in [0.4, 0.5) is 14.5 Å². The van der Waals surface area contributed by atoms with Crippen molar-refractivity contribution in [1.29, 1.82) is 0 Å². The molecular formula is C17H18F2N2O. The van der Waals surface area contributed by atoms with E-state index in [1.165, 1.54) is 6.07 Å². The molecule has 2 N–H and O–H groups in total. The topological polar surface area (TPSA) is 41.1 Å². The van der Waals surface area contributed by atoms with Crippen LogP contribution in [0.25, 0.3) is 0 Å². The number of nitrogens with one attached hydrogen (secondary N) is 2. The van der Waals surface area contributed by atoms with E-state index in [2.05, 4.69) is 10.6 Å². The Kier molecular flexibility index (Phi) is 5.47. The maximum atomic E-state index is 13.0. The first-order valence-corrected chi connectivity index (χ1v) is 7.06. The summed E-state index contributed by atoms with van der Waals surface area (Å²) in [4.78, 5) is 11.7. The van der Waals surface area contributed by atoms with Crippen molar-refractivity contribution in [2.75, 3.05) is 11.9 Å². The lowest BCUT2D eigenvalue weighted by atomic mass is 10.1. The summed E-state index contributed by atoms with van der Waals surface area (Å²) in [6.07, 6.45) is 0.255. The molecule has 0 heterocycles. The summed E-state index contributed by atoms with van der Waals surface area (Å²) in [6.45, 7) is 2.83. The highest BCUT2D eigenvalue weighted by Crippen LogP contribution is 2.12. The normalized spacial score (nSPS) is 10.3. The van der Waals surface area contributed by atoms with Crippen molar-refractivity contribution >= 4 is 11.6 Å². The van der Waals surface area contributed by atoms with Crippen molar-refractivity contribution in [3.05, 3.63) is 65.2 Å². The van der Waals surface area contributed by atoms with E-state index in [-0.39, 0.29) is 12.3 Å². The van der Waals surface area contributed by atoms with Gasteiger partial charge in [-0.05, 0) is 30.7 Å².